The number of carbonyl (C=O) groups is 2. The number of hydrogen-bond acceptors (Lipinski definition) is 9. The first-order valence-electron chi connectivity index (χ1n) is 15.2. The number of pyridine rings is 1. The normalized spacial score (nSPS) is 15.3. The van der Waals surface area contributed by atoms with Gasteiger partial charge in [-0.15, -0.1) is 0 Å². The lowest BCUT2D eigenvalue weighted by molar-refractivity contribution is -0.133. The summed E-state index contributed by atoms with van der Waals surface area (Å²) in [4.78, 5) is 43.3. The number of H-pyrrole nitrogens is 1. The summed E-state index contributed by atoms with van der Waals surface area (Å²) in [5.41, 5.74) is 1.04. The molecule has 1 fully saturated rings. The highest BCUT2D eigenvalue weighted by atomic mass is 32.2. The average Bonchev–Trinajstić information content (AvgIpc) is 3.58. The summed E-state index contributed by atoms with van der Waals surface area (Å²) in [6.07, 6.45) is 1.30. The molecule has 1 aromatic heterocycles. The number of halogens is 1. The number of carbonyl (C=O) groups excluding carboxylic acids is 2. The minimum atomic E-state index is -3.80. The van der Waals surface area contributed by atoms with E-state index in [1.54, 1.807) is 49.1 Å². The van der Waals surface area contributed by atoms with Gasteiger partial charge in [-0.2, -0.15) is 0 Å². The number of sulfone groups is 1. The smallest absolute Gasteiger partial charge is 0.411 e. The highest BCUT2D eigenvalue weighted by Crippen LogP contribution is 2.41. The lowest BCUT2D eigenvalue weighted by Gasteiger charge is -2.32. The van der Waals surface area contributed by atoms with Gasteiger partial charge in [0.25, 0.3) is 5.56 Å². The Balaban J connectivity index is 1.62. The van der Waals surface area contributed by atoms with Crippen LogP contribution in [0, 0.1) is 5.82 Å². The van der Waals surface area contributed by atoms with Crippen molar-refractivity contribution in [2.24, 2.45) is 0 Å². The van der Waals surface area contributed by atoms with Gasteiger partial charge in [0.1, 0.15) is 11.9 Å². The zero-order valence-electron chi connectivity index (χ0n) is 27.1. The summed E-state index contributed by atoms with van der Waals surface area (Å²) in [6, 6.07) is 12.3. The maximum absolute atomic E-state index is 14.7. The van der Waals surface area contributed by atoms with Crippen LogP contribution in [-0.2, 0) is 19.4 Å². The third-order valence-corrected chi connectivity index (χ3v) is 10.6. The highest BCUT2D eigenvalue weighted by molar-refractivity contribution is 7.92. The molecule has 2 atom stereocenters. The van der Waals surface area contributed by atoms with Crippen molar-refractivity contribution >= 4 is 44.0 Å². The minimum Gasteiger partial charge on any atom is -0.493 e. The van der Waals surface area contributed by atoms with E-state index in [1.807, 2.05) is 0 Å². The van der Waals surface area contributed by atoms with Crippen LogP contribution in [0.15, 0.2) is 70.5 Å². The van der Waals surface area contributed by atoms with E-state index in [4.69, 9.17) is 14.2 Å². The third-order valence-electron chi connectivity index (χ3n) is 8.41. The van der Waals surface area contributed by atoms with Gasteiger partial charge >= 0.3 is 6.09 Å². The van der Waals surface area contributed by atoms with E-state index in [2.05, 4.69) is 15.6 Å². The summed E-state index contributed by atoms with van der Waals surface area (Å²) in [7, 11) is 0.377. The van der Waals surface area contributed by atoms with Crippen LogP contribution in [-0.4, -0.2) is 63.4 Å². The molecule has 5 rings (SSSR count). The number of nitrogens with zero attached hydrogens (tertiary/aromatic N) is 1. The van der Waals surface area contributed by atoms with Gasteiger partial charge in [0, 0.05) is 29.5 Å². The van der Waals surface area contributed by atoms with Crippen molar-refractivity contribution in [1.82, 2.24) is 9.88 Å². The number of rotatable bonds is 10. The van der Waals surface area contributed by atoms with E-state index < -0.39 is 50.5 Å². The Bertz CT molecular complexity index is 2030. The van der Waals surface area contributed by atoms with Gasteiger partial charge in [-0.3, -0.25) is 14.9 Å². The van der Waals surface area contributed by atoms with Gasteiger partial charge in [-0.05, 0) is 86.3 Å². The quantitative estimate of drug-likeness (QED) is 0.195. The van der Waals surface area contributed by atoms with Gasteiger partial charge in [0.05, 0.1) is 42.9 Å². The fourth-order valence-corrected chi connectivity index (χ4v) is 7.18. The van der Waals surface area contributed by atoms with Gasteiger partial charge in [-0.25, -0.2) is 17.6 Å². The number of aromatic amines is 1. The second kappa shape index (κ2) is 13.9. The van der Waals surface area contributed by atoms with E-state index >= 15 is 0 Å². The molecule has 0 unspecified atom stereocenters. The molecule has 3 aromatic carbocycles. The van der Waals surface area contributed by atoms with Gasteiger partial charge in [0.2, 0.25) is 5.91 Å². The van der Waals surface area contributed by atoms with E-state index in [0.29, 0.717) is 53.4 Å². The number of hydrogen-bond donors (Lipinski definition) is 3. The Kier molecular flexibility index (Phi) is 9.94. The lowest BCUT2D eigenvalue weighted by Crippen LogP contribution is -2.38. The zero-order valence-corrected chi connectivity index (χ0v) is 27.9. The largest absolute Gasteiger partial charge is 0.493 e. The predicted octanol–water partition coefficient (Wildman–Crippen LogP) is 5.56. The number of anilines is 2. The van der Waals surface area contributed by atoms with Crippen molar-refractivity contribution in [2.75, 3.05) is 38.5 Å². The van der Waals surface area contributed by atoms with E-state index in [1.165, 1.54) is 45.6 Å². The first kappa shape index (κ1) is 34.2. The van der Waals surface area contributed by atoms with E-state index in [-0.39, 0.29) is 15.7 Å². The standard InChI is InChI=1S/C34H37FN4O8S/c1-19(2)48(43,44)30-13-10-22(38-34(42)47-5)17-25(30)27-7-6-14-39(27)33(41)31(20-8-12-28(45-3)29(15-20)46-4)37-21-9-11-23-24(16-21)32(40)36-18-26(23)35/h8-13,15-19,27,31,37H,6-7,14H2,1-5H3,(H,36,40)(H,38,42)/t27-,31-/m1/s1. The minimum absolute atomic E-state index is 0.0593. The predicted molar refractivity (Wildman–Crippen MR) is 179 cm³/mol. The lowest BCUT2D eigenvalue weighted by atomic mass is 10.00. The molecule has 12 nitrogen and oxygen atoms in total. The van der Waals surface area contributed by atoms with Crippen molar-refractivity contribution in [2.45, 2.75) is 48.9 Å². The molecule has 1 aliphatic rings. The molecule has 14 heteroatoms. The maximum Gasteiger partial charge on any atom is 0.411 e. The summed E-state index contributed by atoms with van der Waals surface area (Å²) in [5, 5.41) is 5.28. The molecule has 0 aliphatic carbocycles. The number of methoxy groups -OCH3 is 3. The van der Waals surface area contributed by atoms with Crippen LogP contribution in [0.2, 0.25) is 0 Å². The number of nitrogens with one attached hydrogen (secondary N) is 3. The molecule has 3 N–H and O–H groups in total. The molecule has 4 aromatic rings. The van der Waals surface area contributed by atoms with Crippen LogP contribution in [0.5, 0.6) is 11.5 Å². The second-order valence-corrected chi connectivity index (χ2v) is 14.0. The molecule has 0 radical (unpaired) electrons. The molecule has 254 valence electrons. The maximum atomic E-state index is 14.7. The zero-order chi connectivity index (χ0) is 34.7. The Labute approximate surface area is 277 Å². The molecule has 2 heterocycles. The number of ether oxygens (including phenoxy) is 3. The fourth-order valence-electron chi connectivity index (χ4n) is 5.89. The van der Waals surface area contributed by atoms with Crippen molar-refractivity contribution in [3.8, 4) is 11.5 Å². The molecular formula is C34H37FN4O8S. The van der Waals surface area contributed by atoms with Crippen molar-refractivity contribution < 1.29 is 36.6 Å². The Morgan fingerprint density at radius 1 is 0.958 bits per heavy atom. The molecule has 2 amide bonds. The van der Waals surface area contributed by atoms with Crippen LogP contribution in [0.1, 0.15) is 49.9 Å². The van der Waals surface area contributed by atoms with Gasteiger partial charge < -0.3 is 29.4 Å². The van der Waals surface area contributed by atoms with Crippen molar-refractivity contribution in [1.29, 1.82) is 0 Å². The number of likely N-dealkylation sites (tertiary alicyclic amines) is 1. The number of benzene rings is 3. The summed E-state index contributed by atoms with van der Waals surface area (Å²) in [6.45, 7) is 3.47. The number of fused-ring (bicyclic) bond motifs is 1. The topological polar surface area (TPSA) is 156 Å². The molecule has 0 saturated carbocycles. The fraction of sp³-hybridized carbons (Fsp3) is 0.324. The SMILES string of the molecule is COC(=O)Nc1ccc(S(=O)(=O)C(C)C)c([C@H]2CCCN2C(=O)[C@H](Nc2ccc3c(F)c[nH]c(=O)c3c2)c2ccc(OC)c(OC)c2)c1. The first-order chi connectivity index (χ1) is 22.9. The summed E-state index contributed by atoms with van der Waals surface area (Å²) < 4.78 is 57.2. The van der Waals surface area contributed by atoms with Crippen LogP contribution in [0.25, 0.3) is 10.8 Å². The first-order valence-corrected chi connectivity index (χ1v) is 16.8. The van der Waals surface area contributed by atoms with Gasteiger partial charge in [0.15, 0.2) is 21.3 Å². The van der Waals surface area contributed by atoms with Crippen LogP contribution >= 0.6 is 0 Å². The molecule has 0 bridgehead atoms. The highest BCUT2D eigenvalue weighted by Gasteiger charge is 2.38. The molecule has 1 aliphatic heterocycles. The molecular weight excluding hydrogens is 643 g/mol. The van der Waals surface area contributed by atoms with Crippen LogP contribution in [0.3, 0.4) is 0 Å². The van der Waals surface area contributed by atoms with E-state index in [0.717, 1.165) is 6.20 Å². The third kappa shape index (κ3) is 6.65. The van der Waals surface area contributed by atoms with E-state index in [9.17, 15) is 27.2 Å². The van der Waals surface area contributed by atoms with Crippen LogP contribution in [0.4, 0.5) is 20.6 Å². The monoisotopic (exact) mass is 680 g/mol. The number of amides is 2. The molecule has 48 heavy (non-hydrogen) atoms. The summed E-state index contributed by atoms with van der Waals surface area (Å²) in [5.74, 6) is -0.175. The Hall–Kier alpha value is -5.11. The molecule has 1 saturated heterocycles. The second-order valence-electron chi connectivity index (χ2n) is 11.6. The van der Waals surface area contributed by atoms with Crippen LogP contribution < -0.4 is 25.7 Å². The summed E-state index contributed by atoms with van der Waals surface area (Å²) >= 11 is 0. The van der Waals surface area contributed by atoms with Crippen molar-refractivity contribution in [3.05, 3.63) is 88.1 Å². The number of aromatic nitrogens is 1. The Morgan fingerprint density at radius 3 is 2.38 bits per heavy atom. The van der Waals surface area contributed by atoms with Gasteiger partial charge in [-0.1, -0.05) is 6.07 Å². The average molecular weight is 681 g/mol. The Morgan fingerprint density at radius 2 is 1.69 bits per heavy atom. The molecule has 0 spiro atoms. The van der Waals surface area contributed by atoms with Crippen molar-refractivity contribution in [3.63, 3.8) is 0 Å².